The summed E-state index contributed by atoms with van der Waals surface area (Å²) in [6.45, 7) is 7.26. The molecule has 1 aliphatic rings. The summed E-state index contributed by atoms with van der Waals surface area (Å²) in [4.78, 5) is 14.4. The first-order valence-corrected chi connectivity index (χ1v) is 7.85. The maximum Gasteiger partial charge on any atom is 0.263 e. The maximum absolute atomic E-state index is 13.1. The number of nitrogens with one attached hydrogen (secondary N) is 1. The van der Waals surface area contributed by atoms with Crippen molar-refractivity contribution in [3.63, 3.8) is 0 Å². The monoisotopic (exact) mass is 394 g/mol. The van der Waals surface area contributed by atoms with Gasteiger partial charge in [-0.25, -0.2) is 4.39 Å². The van der Waals surface area contributed by atoms with Gasteiger partial charge < -0.3 is 15.0 Å². The van der Waals surface area contributed by atoms with Gasteiger partial charge in [0.15, 0.2) is 6.10 Å². The van der Waals surface area contributed by atoms with Crippen LogP contribution in [0.4, 0.5) is 4.39 Å². The minimum atomic E-state index is -0.612. The standard InChI is InChI=1S/C15H20BrFN2O2.ClH/c1-9-10(2)19(7-6-18-9)15(20)11(3)21-14-5-4-12(17)8-13(14)16;/h4-5,8-11,18H,6-7H2,1-3H3;1H. The Hall–Kier alpha value is -0.850. The van der Waals surface area contributed by atoms with Crippen LogP contribution in [-0.2, 0) is 4.79 Å². The van der Waals surface area contributed by atoms with E-state index in [-0.39, 0.29) is 36.2 Å². The Labute approximate surface area is 144 Å². The summed E-state index contributed by atoms with van der Waals surface area (Å²) >= 11 is 3.24. The van der Waals surface area contributed by atoms with Gasteiger partial charge in [-0.15, -0.1) is 12.4 Å². The number of benzene rings is 1. The number of hydrogen-bond donors (Lipinski definition) is 1. The van der Waals surface area contributed by atoms with Gasteiger partial charge >= 0.3 is 0 Å². The molecule has 3 atom stereocenters. The molecule has 0 radical (unpaired) electrons. The Morgan fingerprint density at radius 1 is 1.50 bits per heavy atom. The molecule has 7 heteroatoms. The second kappa shape index (κ2) is 8.13. The smallest absolute Gasteiger partial charge is 0.263 e. The normalized spacial score (nSPS) is 22.7. The lowest BCUT2D eigenvalue weighted by atomic mass is 10.1. The number of hydrogen-bond acceptors (Lipinski definition) is 3. The highest BCUT2D eigenvalue weighted by Crippen LogP contribution is 2.27. The van der Waals surface area contributed by atoms with Crippen molar-refractivity contribution in [2.24, 2.45) is 0 Å². The van der Waals surface area contributed by atoms with Crippen molar-refractivity contribution < 1.29 is 13.9 Å². The molecular weight excluding hydrogens is 375 g/mol. The molecule has 1 heterocycles. The molecule has 1 aromatic rings. The van der Waals surface area contributed by atoms with Gasteiger partial charge in [-0.2, -0.15) is 0 Å². The zero-order chi connectivity index (χ0) is 15.6. The van der Waals surface area contributed by atoms with Crippen LogP contribution in [0.2, 0.25) is 0 Å². The van der Waals surface area contributed by atoms with Crippen molar-refractivity contribution in [1.29, 1.82) is 0 Å². The van der Waals surface area contributed by atoms with Crippen LogP contribution in [0, 0.1) is 5.82 Å². The third kappa shape index (κ3) is 4.33. The minimum Gasteiger partial charge on any atom is -0.480 e. The average molecular weight is 396 g/mol. The van der Waals surface area contributed by atoms with E-state index in [1.165, 1.54) is 18.2 Å². The highest BCUT2D eigenvalue weighted by atomic mass is 79.9. The van der Waals surface area contributed by atoms with Crippen molar-refractivity contribution >= 4 is 34.2 Å². The van der Waals surface area contributed by atoms with E-state index in [9.17, 15) is 9.18 Å². The van der Waals surface area contributed by atoms with E-state index in [2.05, 4.69) is 28.2 Å². The fourth-order valence-corrected chi connectivity index (χ4v) is 2.86. The largest absolute Gasteiger partial charge is 0.480 e. The zero-order valence-corrected chi connectivity index (χ0v) is 15.2. The van der Waals surface area contributed by atoms with Gasteiger partial charge in [0.05, 0.1) is 4.47 Å². The molecule has 3 unspecified atom stereocenters. The minimum absolute atomic E-state index is 0. The van der Waals surface area contributed by atoms with E-state index in [1.807, 2.05) is 11.8 Å². The second-order valence-corrected chi connectivity index (χ2v) is 6.20. The van der Waals surface area contributed by atoms with E-state index >= 15 is 0 Å². The van der Waals surface area contributed by atoms with Crippen molar-refractivity contribution in [3.8, 4) is 5.75 Å². The van der Waals surface area contributed by atoms with Gasteiger partial charge in [0.2, 0.25) is 0 Å². The fraction of sp³-hybridized carbons (Fsp3) is 0.533. The summed E-state index contributed by atoms with van der Waals surface area (Å²) in [5.41, 5.74) is 0. The first-order valence-electron chi connectivity index (χ1n) is 7.05. The summed E-state index contributed by atoms with van der Waals surface area (Å²) < 4.78 is 19.2. The summed E-state index contributed by atoms with van der Waals surface area (Å²) in [5.74, 6) is 0.0675. The molecule has 1 amide bonds. The van der Waals surface area contributed by atoms with Crippen LogP contribution in [0.25, 0.3) is 0 Å². The highest BCUT2D eigenvalue weighted by Gasteiger charge is 2.31. The van der Waals surface area contributed by atoms with Crippen molar-refractivity contribution in [2.75, 3.05) is 13.1 Å². The maximum atomic E-state index is 13.1. The number of nitrogens with zero attached hydrogens (tertiary/aromatic N) is 1. The molecule has 1 fully saturated rings. The number of carbonyl (C=O) groups excluding carboxylic acids is 1. The van der Waals surface area contributed by atoms with Crippen molar-refractivity contribution in [1.82, 2.24) is 10.2 Å². The Morgan fingerprint density at radius 2 is 2.18 bits per heavy atom. The number of amides is 1. The van der Waals surface area contributed by atoms with Gasteiger partial charge in [-0.3, -0.25) is 4.79 Å². The van der Waals surface area contributed by atoms with Crippen LogP contribution in [-0.4, -0.2) is 42.1 Å². The molecule has 0 spiro atoms. The van der Waals surface area contributed by atoms with E-state index in [4.69, 9.17) is 4.74 Å². The lowest BCUT2D eigenvalue weighted by molar-refractivity contribution is -0.141. The van der Waals surface area contributed by atoms with Gasteiger partial charge in [-0.1, -0.05) is 0 Å². The van der Waals surface area contributed by atoms with Gasteiger partial charge in [-0.05, 0) is 54.9 Å². The molecule has 2 rings (SSSR count). The Kier molecular flexibility index (Phi) is 7.09. The first kappa shape index (κ1) is 19.2. The van der Waals surface area contributed by atoms with E-state index in [1.54, 1.807) is 6.92 Å². The Balaban J connectivity index is 0.00000242. The lowest BCUT2D eigenvalue weighted by Crippen LogP contribution is -2.59. The lowest BCUT2D eigenvalue weighted by Gasteiger charge is -2.39. The van der Waals surface area contributed by atoms with Crippen molar-refractivity contribution in [3.05, 3.63) is 28.5 Å². The molecule has 4 nitrogen and oxygen atoms in total. The topological polar surface area (TPSA) is 41.6 Å². The average Bonchev–Trinajstić information content (AvgIpc) is 2.44. The van der Waals surface area contributed by atoms with Gasteiger partial charge in [0.1, 0.15) is 11.6 Å². The number of halogens is 3. The molecule has 0 aliphatic carbocycles. The van der Waals surface area contributed by atoms with Crippen LogP contribution in [0.1, 0.15) is 20.8 Å². The number of ether oxygens (including phenoxy) is 1. The summed E-state index contributed by atoms with van der Waals surface area (Å²) in [7, 11) is 0. The SMILES string of the molecule is CC(Oc1ccc(F)cc1Br)C(=O)N1CCNC(C)C1C.Cl. The van der Waals surface area contributed by atoms with Crippen LogP contribution >= 0.6 is 28.3 Å². The van der Waals surface area contributed by atoms with Crippen LogP contribution in [0.5, 0.6) is 5.75 Å². The summed E-state index contributed by atoms with van der Waals surface area (Å²) in [5, 5.41) is 3.34. The van der Waals surface area contributed by atoms with Gasteiger partial charge in [0.25, 0.3) is 5.91 Å². The first-order chi connectivity index (χ1) is 9.90. The molecule has 1 aliphatic heterocycles. The fourth-order valence-electron chi connectivity index (χ4n) is 2.41. The van der Waals surface area contributed by atoms with Crippen LogP contribution < -0.4 is 10.1 Å². The molecule has 0 saturated carbocycles. The number of piperazine rings is 1. The molecule has 0 aromatic heterocycles. The third-order valence-corrected chi connectivity index (χ3v) is 4.48. The van der Waals surface area contributed by atoms with Crippen molar-refractivity contribution in [2.45, 2.75) is 39.0 Å². The zero-order valence-electron chi connectivity index (χ0n) is 12.8. The van der Waals surface area contributed by atoms with E-state index in [0.717, 1.165) is 6.54 Å². The van der Waals surface area contributed by atoms with Gasteiger partial charge in [0, 0.05) is 25.2 Å². The summed E-state index contributed by atoms with van der Waals surface area (Å²) in [6.07, 6.45) is -0.612. The Bertz CT molecular complexity index is 532. The predicted octanol–water partition coefficient (Wildman–Crippen LogP) is 2.99. The predicted molar refractivity (Wildman–Crippen MR) is 90.1 cm³/mol. The van der Waals surface area contributed by atoms with Crippen LogP contribution in [0.3, 0.4) is 0 Å². The molecule has 1 aromatic carbocycles. The number of carbonyl (C=O) groups is 1. The number of rotatable bonds is 3. The van der Waals surface area contributed by atoms with E-state index < -0.39 is 6.10 Å². The molecule has 1 saturated heterocycles. The molecule has 0 bridgehead atoms. The quantitative estimate of drug-likeness (QED) is 0.855. The second-order valence-electron chi connectivity index (χ2n) is 5.35. The van der Waals surface area contributed by atoms with Crippen LogP contribution in [0.15, 0.2) is 22.7 Å². The molecular formula is C15H21BrClFN2O2. The molecule has 124 valence electrons. The highest BCUT2D eigenvalue weighted by molar-refractivity contribution is 9.10. The third-order valence-electron chi connectivity index (χ3n) is 3.86. The molecule has 1 N–H and O–H groups in total. The van der Waals surface area contributed by atoms with E-state index in [0.29, 0.717) is 16.8 Å². The Morgan fingerprint density at radius 3 is 2.82 bits per heavy atom. The summed E-state index contributed by atoms with van der Waals surface area (Å²) in [6, 6.07) is 4.53. The molecule has 22 heavy (non-hydrogen) atoms.